The largest absolute Gasteiger partial charge is 0.508 e. The van der Waals surface area contributed by atoms with Crippen LogP contribution in [0.25, 0.3) is 0 Å². The van der Waals surface area contributed by atoms with E-state index in [1.807, 2.05) is 19.9 Å². The van der Waals surface area contributed by atoms with Gasteiger partial charge in [0.15, 0.2) is 0 Å². The van der Waals surface area contributed by atoms with Crippen molar-refractivity contribution < 1.29 is 5.11 Å². The lowest BCUT2D eigenvalue weighted by Gasteiger charge is -2.17. The molecule has 1 aliphatic rings. The van der Waals surface area contributed by atoms with E-state index in [0.717, 1.165) is 17.7 Å². The van der Waals surface area contributed by atoms with Crippen LogP contribution in [0.4, 0.5) is 0 Å². The van der Waals surface area contributed by atoms with Crippen molar-refractivity contribution in [2.45, 2.75) is 32.1 Å². The molecule has 1 aromatic carbocycles. The number of benzene rings is 1. The van der Waals surface area contributed by atoms with Gasteiger partial charge >= 0.3 is 0 Å². The number of phenolic OH excluding ortho intramolecular Hbond substituents is 1. The second-order valence-electron chi connectivity index (χ2n) is 4.44. The molecule has 2 rings (SSSR count). The maximum atomic E-state index is 9.55. The molecule has 1 fully saturated rings. The summed E-state index contributed by atoms with van der Waals surface area (Å²) in [5, 5.41) is 9.55. The predicted octanol–water partition coefficient (Wildman–Crippen LogP) is 2.00. The molecular formula is C12H17NO. The van der Waals surface area contributed by atoms with Crippen LogP contribution in [0, 0.1) is 13.8 Å². The van der Waals surface area contributed by atoms with Gasteiger partial charge in [-0.15, -0.1) is 0 Å². The van der Waals surface area contributed by atoms with Gasteiger partial charge in [-0.25, -0.2) is 0 Å². The van der Waals surface area contributed by atoms with Gasteiger partial charge in [-0.3, -0.25) is 0 Å². The molecule has 0 heterocycles. The highest BCUT2D eigenvalue weighted by Gasteiger charge is 2.43. The maximum Gasteiger partial charge on any atom is 0.118 e. The summed E-state index contributed by atoms with van der Waals surface area (Å²) >= 11 is 0. The molecule has 1 aliphatic carbocycles. The molecule has 2 nitrogen and oxygen atoms in total. The van der Waals surface area contributed by atoms with Crippen LogP contribution in [0.3, 0.4) is 0 Å². The lowest BCUT2D eigenvalue weighted by Crippen LogP contribution is -2.20. The second-order valence-corrected chi connectivity index (χ2v) is 4.44. The Balaban J connectivity index is 2.49. The molecule has 76 valence electrons. The van der Waals surface area contributed by atoms with Gasteiger partial charge in [0.1, 0.15) is 5.75 Å². The molecule has 0 amide bonds. The number of aromatic hydroxyl groups is 1. The van der Waals surface area contributed by atoms with Gasteiger partial charge in [-0.1, -0.05) is 6.07 Å². The van der Waals surface area contributed by atoms with Crippen molar-refractivity contribution in [3.63, 3.8) is 0 Å². The highest BCUT2D eigenvalue weighted by molar-refractivity contribution is 5.46. The molecule has 0 atom stereocenters. The Hall–Kier alpha value is -1.02. The minimum Gasteiger partial charge on any atom is -0.508 e. The Morgan fingerprint density at radius 2 is 1.93 bits per heavy atom. The molecule has 14 heavy (non-hydrogen) atoms. The normalized spacial score (nSPS) is 18.2. The summed E-state index contributed by atoms with van der Waals surface area (Å²) in [6, 6.07) is 3.94. The molecule has 0 saturated heterocycles. The summed E-state index contributed by atoms with van der Waals surface area (Å²) in [4.78, 5) is 0. The van der Waals surface area contributed by atoms with E-state index in [-0.39, 0.29) is 5.41 Å². The van der Waals surface area contributed by atoms with E-state index >= 15 is 0 Å². The van der Waals surface area contributed by atoms with Crippen LogP contribution >= 0.6 is 0 Å². The summed E-state index contributed by atoms with van der Waals surface area (Å²) in [6.45, 7) is 4.70. The molecule has 0 aromatic heterocycles. The lowest BCUT2D eigenvalue weighted by molar-refractivity contribution is 0.470. The van der Waals surface area contributed by atoms with Gasteiger partial charge in [0, 0.05) is 12.0 Å². The molecule has 1 saturated carbocycles. The fourth-order valence-electron chi connectivity index (χ4n) is 2.11. The zero-order valence-corrected chi connectivity index (χ0v) is 8.80. The van der Waals surface area contributed by atoms with Crippen LogP contribution < -0.4 is 5.73 Å². The zero-order valence-electron chi connectivity index (χ0n) is 8.80. The van der Waals surface area contributed by atoms with Crippen LogP contribution in [0.1, 0.15) is 29.5 Å². The lowest BCUT2D eigenvalue weighted by atomic mass is 9.90. The minimum atomic E-state index is 0.225. The first-order valence-corrected chi connectivity index (χ1v) is 5.10. The van der Waals surface area contributed by atoms with Gasteiger partial charge in [-0.2, -0.15) is 0 Å². The van der Waals surface area contributed by atoms with Crippen molar-refractivity contribution in [2.75, 3.05) is 6.54 Å². The molecule has 0 aliphatic heterocycles. The highest BCUT2D eigenvalue weighted by atomic mass is 16.3. The first-order valence-electron chi connectivity index (χ1n) is 5.10. The zero-order chi connectivity index (χ0) is 10.3. The van der Waals surface area contributed by atoms with Gasteiger partial charge in [0.2, 0.25) is 0 Å². The minimum absolute atomic E-state index is 0.225. The summed E-state index contributed by atoms with van der Waals surface area (Å²) in [5.41, 5.74) is 9.46. The Morgan fingerprint density at radius 3 is 2.43 bits per heavy atom. The topological polar surface area (TPSA) is 46.2 Å². The van der Waals surface area contributed by atoms with E-state index < -0.39 is 0 Å². The number of hydrogen-bond acceptors (Lipinski definition) is 2. The molecular weight excluding hydrogens is 174 g/mol. The summed E-state index contributed by atoms with van der Waals surface area (Å²) < 4.78 is 0. The van der Waals surface area contributed by atoms with E-state index in [9.17, 15) is 5.11 Å². The van der Waals surface area contributed by atoms with Crippen LogP contribution in [0.5, 0.6) is 5.75 Å². The average molecular weight is 191 g/mol. The molecule has 3 N–H and O–H groups in total. The summed E-state index contributed by atoms with van der Waals surface area (Å²) in [7, 11) is 0. The first-order chi connectivity index (χ1) is 6.59. The molecule has 0 bridgehead atoms. The van der Waals surface area contributed by atoms with Crippen molar-refractivity contribution in [3.8, 4) is 5.75 Å². The smallest absolute Gasteiger partial charge is 0.118 e. The van der Waals surface area contributed by atoms with Crippen LogP contribution in [-0.2, 0) is 5.41 Å². The number of aryl methyl sites for hydroxylation is 2. The van der Waals surface area contributed by atoms with E-state index in [1.165, 1.54) is 18.4 Å². The summed E-state index contributed by atoms with van der Waals surface area (Å²) in [5.74, 6) is 0.388. The van der Waals surface area contributed by atoms with Crippen molar-refractivity contribution in [2.24, 2.45) is 5.73 Å². The van der Waals surface area contributed by atoms with Crippen LogP contribution in [0.15, 0.2) is 12.1 Å². The second kappa shape index (κ2) is 2.99. The van der Waals surface area contributed by atoms with Crippen LogP contribution in [0.2, 0.25) is 0 Å². The van der Waals surface area contributed by atoms with Crippen molar-refractivity contribution in [1.29, 1.82) is 0 Å². The standard InChI is InChI=1S/C12H17NO/c1-8-6-11(14)9(2)5-10(8)12(7-13)3-4-12/h5-6,14H,3-4,7,13H2,1-2H3. The fraction of sp³-hybridized carbons (Fsp3) is 0.500. The van der Waals surface area contributed by atoms with Crippen molar-refractivity contribution in [1.82, 2.24) is 0 Å². The van der Waals surface area contributed by atoms with Crippen LogP contribution in [-0.4, -0.2) is 11.7 Å². The monoisotopic (exact) mass is 191 g/mol. The van der Waals surface area contributed by atoms with E-state index in [1.54, 1.807) is 0 Å². The van der Waals surface area contributed by atoms with Gasteiger partial charge < -0.3 is 10.8 Å². The fourth-order valence-corrected chi connectivity index (χ4v) is 2.11. The third-order valence-corrected chi connectivity index (χ3v) is 3.36. The van der Waals surface area contributed by atoms with Gasteiger partial charge in [-0.05, 0) is 49.4 Å². The third-order valence-electron chi connectivity index (χ3n) is 3.36. The molecule has 0 spiro atoms. The first kappa shape index (κ1) is 9.53. The van der Waals surface area contributed by atoms with Crippen molar-refractivity contribution >= 4 is 0 Å². The van der Waals surface area contributed by atoms with Gasteiger partial charge in [0.25, 0.3) is 0 Å². The Kier molecular flexibility index (Phi) is 2.04. The number of nitrogens with two attached hydrogens (primary N) is 1. The van der Waals surface area contributed by atoms with Crippen molar-refractivity contribution in [3.05, 3.63) is 28.8 Å². The Bertz CT molecular complexity index is 367. The molecule has 1 aromatic rings. The summed E-state index contributed by atoms with van der Waals surface area (Å²) in [6.07, 6.45) is 2.38. The average Bonchev–Trinajstić information content (AvgIpc) is 2.92. The van der Waals surface area contributed by atoms with E-state index in [0.29, 0.717) is 5.75 Å². The predicted molar refractivity (Wildman–Crippen MR) is 57.5 cm³/mol. The maximum absolute atomic E-state index is 9.55. The third kappa shape index (κ3) is 1.30. The molecule has 0 unspecified atom stereocenters. The van der Waals surface area contributed by atoms with Gasteiger partial charge in [0.05, 0.1) is 0 Å². The number of hydrogen-bond donors (Lipinski definition) is 2. The Labute approximate surface area is 84.7 Å². The van der Waals surface area contributed by atoms with E-state index in [2.05, 4.69) is 6.07 Å². The van der Waals surface area contributed by atoms with E-state index in [4.69, 9.17) is 5.73 Å². The highest BCUT2D eigenvalue weighted by Crippen LogP contribution is 2.49. The number of phenols is 1. The molecule has 0 radical (unpaired) electrons. The number of rotatable bonds is 2. The molecule has 2 heteroatoms. The Morgan fingerprint density at radius 1 is 1.29 bits per heavy atom. The SMILES string of the molecule is Cc1cc(C2(CN)CC2)c(C)cc1O. The quantitative estimate of drug-likeness (QED) is 0.751.